The van der Waals surface area contributed by atoms with Gasteiger partial charge in [-0.2, -0.15) is 0 Å². The summed E-state index contributed by atoms with van der Waals surface area (Å²) in [6, 6.07) is 0. The van der Waals surface area contributed by atoms with Gasteiger partial charge in [-0.15, -0.1) is 0 Å². The van der Waals surface area contributed by atoms with Crippen LogP contribution < -0.4 is 11.2 Å². The van der Waals surface area contributed by atoms with Crippen LogP contribution in [-0.2, 0) is 13.0 Å². The first-order chi connectivity index (χ1) is 8.52. The second-order valence-electron chi connectivity index (χ2n) is 4.89. The second kappa shape index (κ2) is 4.80. The standard InChI is InChI=1S/C12H18N4O2/c1-4-5-16-10-9(11(17)15-12(16)18)13-8(14-10)6-7(2)3/h7H,4-6H2,1-3H3,(H,13,14)(H,15,17,18). The molecule has 0 aliphatic heterocycles. The van der Waals surface area contributed by atoms with Gasteiger partial charge in [0.05, 0.1) is 0 Å². The van der Waals surface area contributed by atoms with E-state index in [2.05, 4.69) is 28.8 Å². The summed E-state index contributed by atoms with van der Waals surface area (Å²) in [7, 11) is 0. The number of H-pyrrole nitrogens is 2. The van der Waals surface area contributed by atoms with Gasteiger partial charge in [-0.3, -0.25) is 14.3 Å². The third-order valence-corrected chi connectivity index (χ3v) is 2.73. The van der Waals surface area contributed by atoms with Crippen LogP contribution in [0.15, 0.2) is 9.59 Å². The van der Waals surface area contributed by atoms with Gasteiger partial charge in [0.15, 0.2) is 5.65 Å². The Morgan fingerprint density at radius 1 is 1.28 bits per heavy atom. The van der Waals surface area contributed by atoms with Crippen molar-refractivity contribution >= 4 is 11.2 Å². The largest absolute Gasteiger partial charge is 0.336 e. The van der Waals surface area contributed by atoms with Crippen LogP contribution >= 0.6 is 0 Å². The summed E-state index contributed by atoms with van der Waals surface area (Å²) in [6.45, 7) is 6.69. The van der Waals surface area contributed by atoms with Crippen molar-refractivity contribution in [3.63, 3.8) is 0 Å². The highest BCUT2D eigenvalue weighted by molar-refractivity contribution is 5.69. The molecule has 0 bridgehead atoms. The van der Waals surface area contributed by atoms with Crippen molar-refractivity contribution < 1.29 is 0 Å². The molecule has 2 aromatic heterocycles. The second-order valence-corrected chi connectivity index (χ2v) is 4.89. The molecule has 2 heterocycles. The molecule has 98 valence electrons. The van der Waals surface area contributed by atoms with E-state index >= 15 is 0 Å². The lowest BCUT2D eigenvalue weighted by atomic mass is 10.1. The molecule has 0 radical (unpaired) electrons. The minimum Gasteiger partial charge on any atom is -0.336 e. The topological polar surface area (TPSA) is 83.5 Å². The molecule has 6 nitrogen and oxygen atoms in total. The molecule has 0 aliphatic carbocycles. The van der Waals surface area contributed by atoms with Crippen LogP contribution in [0.5, 0.6) is 0 Å². The van der Waals surface area contributed by atoms with E-state index in [-0.39, 0.29) is 0 Å². The van der Waals surface area contributed by atoms with E-state index in [1.165, 1.54) is 4.57 Å². The van der Waals surface area contributed by atoms with Crippen molar-refractivity contribution in [3.8, 4) is 0 Å². The average molecular weight is 250 g/mol. The Hall–Kier alpha value is -1.85. The van der Waals surface area contributed by atoms with E-state index in [4.69, 9.17) is 0 Å². The van der Waals surface area contributed by atoms with Crippen molar-refractivity contribution in [2.45, 2.75) is 40.2 Å². The molecule has 0 saturated heterocycles. The van der Waals surface area contributed by atoms with Crippen molar-refractivity contribution in [2.75, 3.05) is 0 Å². The van der Waals surface area contributed by atoms with Crippen LogP contribution in [0.4, 0.5) is 0 Å². The highest BCUT2D eigenvalue weighted by atomic mass is 16.2. The summed E-state index contributed by atoms with van der Waals surface area (Å²) in [6.07, 6.45) is 1.57. The third kappa shape index (κ3) is 2.23. The minimum absolute atomic E-state index is 0.388. The molecule has 2 N–H and O–H groups in total. The predicted octanol–water partition coefficient (Wildman–Crippen LogP) is 1.02. The fourth-order valence-electron chi connectivity index (χ4n) is 2.00. The number of aromatic amines is 2. The molecule has 2 aromatic rings. The van der Waals surface area contributed by atoms with Crippen LogP contribution in [0.3, 0.4) is 0 Å². The van der Waals surface area contributed by atoms with E-state index in [1.54, 1.807) is 0 Å². The number of nitrogens with zero attached hydrogens (tertiary/aromatic N) is 2. The molecule has 0 atom stereocenters. The Morgan fingerprint density at radius 2 is 2.00 bits per heavy atom. The molecule has 2 rings (SSSR count). The number of aromatic nitrogens is 4. The third-order valence-electron chi connectivity index (χ3n) is 2.73. The lowest BCUT2D eigenvalue weighted by molar-refractivity contribution is 0.623. The fraction of sp³-hybridized carbons (Fsp3) is 0.583. The van der Waals surface area contributed by atoms with E-state index in [9.17, 15) is 9.59 Å². The number of nitrogens with one attached hydrogen (secondary N) is 2. The average Bonchev–Trinajstić information content (AvgIpc) is 2.67. The first kappa shape index (κ1) is 12.6. The summed E-state index contributed by atoms with van der Waals surface area (Å²) in [5.41, 5.74) is 0.0572. The maximum Gasteiger partial charge on any atom is 0.330 e. The molecule has 0 aromatic carbocycles. The van der Waals surface area contributed by atoms with E-state index in [1.807, 2.05) is 6.92 Å². The summed E-state index contributed by atoms with van der Waals surface area (Å²) in [5, 5.41) is 0. The maximum atomic E-state index is 11.7. The minimum atomic E-state index is -0.398. The van der Waals surface area contributed by atoms with Crippen LogP contribution in [0.2, 0.25) is 0 Å². The van der Waals surface area contributed by atoms with Crippen molar-refractivity contribution in [1.29, 1.82) is 0 Å². The first-order valence-corrected chi connectivity index (χ1v) is 6.24. The van der Waals surface area contributed by atoms with Crippen molar-refractivity contribution in [1.82, 2.24) is 19.5 Å². The lowest BCUT2D eigenvalue weighted by Crippen LogP contribution is -2.30. The SMILES string of the molecule is CCCn1c(=O)[nH]c(=O)c2[nH]c(CC(C)C)nc21. The Kier molecular flexibility index (Phi) is 3.36. The molecular weight excluding hydrogens is 232 g/mol. The summed E-state index contributed by atoms with van der Waals surface area (Å²) < 4.78 is 1.51. The smallest absolute Gasteiger partial charge is 0.330 e. The van der Waals surface area contributed by atoms with Gasteiger partial charge in [-0.25, -0.2) is 9.78 Å². The quantitative estimate of drug-likeness (QED) is 0.849. The highest BCUT2D eigenvalue weighted by Gasteiger charge is 2.12. The molecular formula is C12H18N4O2. The van der Waals surface area contributed by atoms with E-state index in [0.29, 0.717) is 23.6 Å². The number of aryl methyl sites for hydroxylation is 1. The number of hydrogen-bond acceptors (Lipinski definition) is 3. The van der Waals surface area contributed by atoms with Crippen LogP contribution in [0, 0.1) is 5.92 Å². The zero-order chi connectivity index (χ0) is 13.3. The molecule has 0 saturated carbocycles. The van der Waals surface area contributed by atoms with Gasteiger partial charge in [-0.1, -0.05) is 20.8 Å². The van der Waals surface area contributed by atoms with Gasteiger partial charge in [0.2, 0.25) is 0 Å². The van der Waals surface area contributed by atoms with Crippen LogP contribution in [0.1, 0.15) is 33.0 Å². The summed E-state index contributed by atoms with van der Waals surface area (Å²) in [5.74, 6) is 1.19. The number of imidazole rings is 1. The van der Waals surface area contributed by atoms with Gasteiger partial charge in [0.1, 0.15) is 11.3 Å². The maximum absolute atomic E-state index is 11.7. The van der Waals surface area contributed by atoms with Crippen LogP contribution in [0.25, 0.3) is 11.2 Å². The van der Waals surface area contributed by atoms with Crippen molar-refractivity contribution in [3.05, 3.63) is 26.7 Å². The molecule has 0 amide bonds. The fourth-order valence-corrected chi connectivity index (χ4v) is 2.00. The zero-order valence-corrected chi connectivity index (χ0v) is 10.9. The Bertz CT molecular complexity index is 663. The van der Waals surface area contributed by atoms with Gasteiger partial charge in [0.25, 0.3) is 5.56 Å². The monoisotopic (exact) mass is 250 g/mol. The van der Waals surface area contributed by atoms with Gasteiger partial charge in [-0.05, 0) is 12.3 Å². The Balaban J connectivity index is 2.65. The van der Waals surface area contributed by atoms with Gasteiger partial charge < -0.3 is 4.98 Å². The van der Waals surface area contributed by atoms with Crippen molar-refractivity contribution in [2.24, 2.45) is 5.92 Å². The molecule has 18 heavy (non-hydrogen) atoms. The van der Waals surface area contributed by atoms with Crippen LogP contribution in [-0.4, -0.2) is 19.5 Å². The summed E-state index contributed by atoms with van der Waals surface area (Å²) >= 11 is 0. The van der Waals surface area contributed by atoms with Gasteiger partial charge in [0, 0.05) is 13.0 Å². The predicted molar refractivity (Wildman–Crippen MR) is 69.8 cm³/mol. The number of hydrogen-bond donors (Lipinski definition) is 2. The van der Waals surface area contributed by atoms with E-state index < -0.39 is 11.2 Å². The van der Waals surface area contributed by atoms with Gasteiger partial charge >= 0.3 is 5.69 Å². The molecule has 0 unspecified atom stereocenters. The number of rotatable bonds is 4. The molecule has 6 heteroatoms. The number of fused-ring (bicyclic) bond motifs is 1. The first-order valence-electron chi connectivity index (χ1n) is 6.24. The highest BCUT2D eigenvalue weighted by Crippen LogP contribution is 2.09. The van der Waals surface area contributed by atoms with E-state index in [0.717, 1.165) is 18.7 Å². The molecule has 0 fully saturated rings. The molecule has 0 spiro atoms. The summed E-state index contributed by atoms with van der Waals surface area (Å²) in [4.78, 5) is 33.1. The molecule has 0 aliphatic rings. The Morgan fingerprint density at radius 3 is 2.61 bits per heavy atom. The zero-order valence-electron chi connectivity index (χ0n) is 10.9. The lowest BCUT2D eigenvalue weighted by Gasteiger charge is -2.02. The Labute approximate surface area is 104 Å². The normalized spacial score (nSPS) is 11.6.